The van der Waals surface area contributed by atoms with Gasteiger partial charge in [-0.25, -0.2) is 9.07 Å². The van der Waals surface area contributed by atoms with E-state index < -0.39 is 29.2 Å². The summed E-state index contributed by atoms with van der Waals surface area (Å²) in [6.45, 7) is 0. The number of nitrogens with zero attached hydrogens (tertiary/aromatic N) is 2. The monoisotopic (exact) mass is 417 g/mol. The summed E-state index contributed by atoms with van der Waals surface area (Å²) in [5, 5.41) is 5.79. The minimum absolute atomic E-state index is 0.0553. The van der Waals surface area contributed by atoms with E-state index in [2.05, 4.69) is 10.4 Å². The molecule has 3 rings (SSSR count). The van der Waals surface area contributed by atoms with Crippen molar-refractivity contribution in [2.75, 3.05) is 5.32 Å². The maximum Gasteiger partial charge on any atom is 0.434 e. The van der Waals surface area contributed by atoms with Gasteiger partial charge in [-0.15, -0.1) is 0 Å². The molecule has 0 aliphatic rings. The smallest absolute Gasteiger partial charge is 0.319 e. The quantitative estimate of drug-likeness (QED) is 0.564. The minimum Gasteiger partial charge on any atom is -0.319 e. The number of anilines is 1. The Morgan fingerprint density at radius 3 is 2.37 bits per heavy atom. The molecule has 1 N–H and O–H groups in total. The summed E-state index contributed by atoms with van der Waals surface area (Å²) < 4.78 is 55.2. The van der Waals surface area contributed by atoms with Crippen molar-refractivity contribution in [2.45, 2.75) is 6.18 Å². The normalized spacial score (nSPS) is 11.5. The molecular formula is C17H9Cl2F4N3O. The van der Waals surface area contributed by atoms with Crippen LogP contribution in [0.15, 0.2) is 48.7 Å². The predicted octanol–water partition coefficient (Wildman–Crippen LogP) is 5.59. The maximum atomic E-state index is 13.9. The lowest BCUT2D eigenvalue weighted by Gasteiger charge is -2.13. The molecule has 0 bridgehead atoms. The van der Waals surface area contributed by atoms with Crippen LogP contribution in [0.4, 0.5) is 23.2 Å². The van der Waals surface area contributed by atoms with Gasteiger partial charge in [0.2, 0.25) is 0 Å². The first-order valence-corrected chi connectivity index (χ1v) is 8.10. The minimum atomic E-state index is -4.89. The first kappa shape index (κ1) is 19.2. The zero-order valence-electron chi connectivity index (χ0n) is 13.2. The number of aromatic nitrogens is 2. The van der Waals surface area contributed by atoms with Crippen molar-refractivity contribution >= 4 is 34.8 Å². The van der Waals surface area contributed by atoms with Crippen LogP contribution in [-0.2, 0) is 6.18 Å². The Hall–Kier alpha value is -2.58. The van der Waals surface area contributed by atoms with Gasteiger partial charge in [0, 0.05) is 5.02 Å². The van der Waals surface area contributed by atoms with Crippen LogP contribution in [0.5, 0.6) is 0 Å². The molecule has 0 fully saturated rings. The Morgan fingerprint density at radius 2 is 1.74 bits per heavy atom. The molecule has 0 saturated carbocycles. The summed E-state index contributed by atoms with van der Waals surface area (Å²) in [6.07, 6.45) is -4.13. The van der Waals surface area contributed by atoms with Crippen molar-refractivity contribution in [3.8, 4) is 5.69 Å². The Morgan fingerprint density at radius 1 is 1.07 bits per heavy atom. The molecule has 0 aliphatic carbocycles. The molecule has 0 spiro atoms. The zero-order valence-corrected chi connectivity index (χ0v) is 14.7. The molecule has 0 radical (unpaired) electrons. The highest BCUT2D eigenvalue weighted by atomic mass is 35.5. The van der Waals surface area contributed by atoms with Crippen LogP contribution in [0.2, 0.25) is 10.0 Å². The van der Waals surface area contributed by atoms with E-state index in [1.54, 1.807) is 0 Å². The van der Waals surface area contributed by atoms with Gasteiger partial charge in [0.1, 0.15) is 0 Å². The van der Waals surface area contributed by atoms with E-state index in [1.165, 1.54) is 42.5 Å². The third-order valence-corrected chi connectivity index (χ3v) is 4.10. The van der Waals surface area contributed by atoms with Gasteiger partial charge in [-0.1, -0.05) is 29.3 Å². The van der Waals surface area contributed by atoms with E-state index in [0.717, 1.165) is 6.20 Å². The molecule has 2 aromatic carbocycles. The number of alkyl halides is 3. The Bertz CT molecular complexity index is 1000. The van der Waals surface area contributed by atoms with Crippen molar-refractivity contribution in [1.82, 2.24) is 9.78 Å². The third kappa shape index (κ3) is 3.91. The summed E-state index contributed by atoms with van der Waals surface area (Å²) in [5.74, 6) is -2.13. The van der Waals surface area contributed by atoms with E-state index >= 15 is 0 Å². The van der Waals surface area contributed by atoms with Gasteiger partial charge in [0.05, 0.1) is 28.2 Å². The molecule has 1 amide bonds. The number of carbonyl (C=O) groups is 1. The molecule has 0 saturated heterocycles. The predicted molar refractivity (Wildman–Crippen MR) is 92.9 cm³/mol. The van der Waals surface area contributed by atoms with E-state index in [4.69, 9.17) is 23.2 Å². The van der Waals surface area contributed by atoms with Crippen molar-refractivity contribution in [3.05, 3.63) is 75.8 Å². The summed E-state index contributed by atoms with van der Waals surface area (Å²) in [7, 11) is 0. The largest absolute Gasteiger partial charge is 0.434 e. The fourth-order valence-corrected chi connectivity index (χ4v) is 2.66. The van der Waals surface area contributed by atoms with Crippen LogP contribution < -0.4 is 5.32 Å². The molecule has 27 heavy (non-hydrogen) atoms. The highest BCUT2D eigenvalue weighted by Gasteiger charge is 2.40. The van der Waals surface area contributed by atoms with Crippen molar-refractivity contribution in [2.24, 2.45) is 0 Å². The second-order valence-electron chi connectivity index (χ2n) is 5.35. The Kier molecular flexibility index (Phi) is 5.12. The van der Waals surface area contributed by atoms with E-state index in [-0.39, 0.29) is 16.4 Å². The summed E-state index contributed by atoms with van der Waals surface area (Å²) in [5.41, 5.74) is -2.36. The fourth-order valence-electron chi connectivity index (χ4n) is 2.36. The molecule has 140 valence electrons. The number of hydrogen-bond donors (Lipinski definition) is 1. The van der Waals surface area contributed by atoms with Gasteiger partial charge in [-0.05, 0) is 36.4 Å². The van der Waals surface area contributed by atoms with Crippen LogP contribution >= 0.6 is 23.2 Å². The Balaban J connectivity index is 2.04. The average molecular weight is 418 g/mol. The lowest BCUT2D eigenvalue weighted by molar-refractivity contribution is -0.143. The molecule has 1 aromatic heterocycles. The van der Waals surface area contributed by atoms with Crippen molar-refractivity contribution < 1.29 is 22.4 Å². The van der Waals surface area contributed by atoms with Gasteiger partial charge in [0.25, 0.3) is 5.91 Å². The number of nitrogens with one attached hydrogen (secondary N) is 1. The molecule has 4 nitrogen and oxygen atoms in total. The highest BCUT2D eigenvalue weighted by molar-refractivity contribution is 6.31. The number of amides is 1. The standard InChI is InChI=1S/C17H9Cl2F4N3O/c18-9-4-6-10(7-5-9)26-15(17(21,22)23)11(8-24-26)16(27)25-13-3-1-2-12(19)14(13)20/h1-8H,(H,25,27). The second-order valence-corrected chi connectivity index (χ2v) is 6.19. The van der Waals surface area contributed by atoms with Crippen molar-refractivity contribution in [1.29, 1.82) is 0 Å². The van der Waals surface area contributed by atoms with E-state index in [0.29, 0.717) is 9.70 Å². The number of rotatable bonds is 3. The number of benzene rings is 2. The van der Waals surface area contributed by atoms with Crippen LogP contribution in [0.25, 0.3) is 5.69 Å². The highest BCUT2D eigenvalue weighted by Crippen LogP contribution is 2.34. The first-order valence-electron chi connectivity index (χ1n) is 7.35. The van der Waals surface area contributed by atoms with Gasteiger partial charge < -0.3 is 5.32 Å². The average Bonchev–Trinajstić information content (AvgIpc) is 3.05. The summed E-state index contributed by atoms with van der Waals surface area (Å²) >= 11 is 11.4. The van der Waals surface area contributed by atoms with Crippen LogP contribution in [-0.4, -0.2) is 15.7 Å². The van der Waals surface area contributed by atoms with E-state index in [9.17, 15) is 22.4 Å². The van der Waals surface area contributed by atoms with Crippen LogP contribution in [0, 0.1) is 5.82 Å². The number of halogens is 6. The number of hydrogen-bond acceptors (Lipinski definition) is 2. The lowest BCUT2D eigenvalue weighted by atomic mass is 10.2. The lowest BCUT2D eigenvalue weighted by Crippen LogP contribution is -2.21. The molecule has 3 aromatic rings. The van der Waals surface area contributed by atoms with Gasteiger partial charge in [0.15, 0.2) is 11.5 Å². The first-order chi connectivity index (χ1) is 12.7. The number of carbonyl (C=O) groups excluding carboxylic acids is 1. The molecular weight excluding hydrogens is 409 g/mol. The molecule has 10 heteroatoms. The van der Waals surface area contributed by atoms with Gasteiger partial charge in [-0.3, -0.25) is 4.79 Å². The summed E-state index contributed by atoms with van der Waals surface area (Å²) in [4.78, 5) is 12.3. The fraction of sp³-hybridized carbons (Fsp3) is 0.0588. The van der Waals surface area contributed by atoms with Crippen LogP contribution in [0.1, 0.15) is 16.1 Å². The molecule has 0 aliphatic heterocycles. The zero-order chi connectivity index (χ0) is 19.8. The SMILES string of the molecule is O=C(Nc1cccc(Cl)c1F)c1cnn(-c2ccc(Cl)cc2)c1C(F)(F)F. The molecule has 1 heterocycles. The van der Waals surface area contributed by atoms with E-state index in [1.807, 2.05) is 0 Å². The molecule has 0 unspecified atom stereocenters. The van der Waals surface area contributed by atoms with Gasteiger partial charge in [-0.2, -0.15) is 18.3 Å². The summed E-state index contributed by atoms with van der Waals surface area (Å²) in [6, 6.07) is 9.19. The maximum absolute atomic E-state index is 13.9. The van der Waals surface area contributed by atoms with Crippen LogP contribution in [0.3, 0.4) is 0 Å². The molecule has 0 atom stereocenters. The Labute approximate surface area is 160 Å². The third-order valence-electron chi connectivity index (χ3n) is 3.55. The topological polar surface area (TPSA) is 46.9 Å². The van der Waals surface area contributed by atoms with Gasteiger partial charge >= 0.3 is 6.18 Å². The van der Waals surface area contributed by atoms with Crippen molar-refractivity contribution in [3.63, 3.8) is 0 Å². The second kappa shape index (κ2) is 7.21.